The van der Waals surface area contributed by atoms with Crippen molar-refractivity contribution >= 4 is 11.7 Å². The number of urea groups is 1. The first-order chi connectivity index (χ1) is 12.3. The van der Waals surface area contributed by atoms with Crippen LogP contribution in [0.4, 0.5) is 10.5 Å². The maximum absolute atomic E-state index is 12.4. The summed E-state index contributed by atoms with van der Waals surface area (Å²) < 4.78 is 5.63. The number of hydrogen-bond acceptors (Lipinski definition) is 4. The highest BCUT2D eigenvalue weighted by Gasteiger charge is 2.24. The molecule has 0 unspecified atom stereocenters. The molecule has 0 atom stereocenters. The molecule has 1 aliphatic rings. The molecule has 0 radical (unpaired) electrons. The fraction of sp³-hybridized carbons (Fsp3) is 0.500. The molecule has 134 valence electrons. The van der Waals surface area contributed by atoms with E-state index in [2.05, 4.69) is 22.4 Å². The minimum absolute atomic E-state index is 0.0634. The van der Waals surface area contributed by atoms with Crippen molar-refractivity contribution in [2.24, 2.45) is 0 Å². The van der Waals surface area contributed by atoms with Crippen molar-refractivity contribution in [2.75, 3.05) is 25.0 Å². The van der Waals surface area contributed by atoms with E-state index in [0.29, 0.717) is 13.1 Å². The number of piperidine rings is 1. The average Bonchev–Trinajstić information content (AvgIpc) is 3.18. The van der Waals surface area contributed by atoms with E-state index in [-0.39, 0.29) is 12.1 Å². The molecule has 1 aromatic carbocycles. The summed E-state index contributed by atoms with van der Waals surface area (Å²) in [5.41, 5.74) is 0.781. The van der Waals surface area contributed by atoms with Crippen LogP contribution in [0, 0.1) is 0 Å². The molecule has 2 aromatic rings. The van der Waals surface area contributed by atoms with Crippen LogP contribution >= 0.6 is 0 Å². The molecule has 0 bridgehead atoms. The summed E-state index contributed by atoms with van der Waals surface area (Å²) in [5.74, 6) is 0.832. The van der Waals surface area contributed by atoms with Gasteiger partial charge in [-0.2, -0.15) is 15.0 Å². The summed E-state index contributed by atoms with van der Waals surface area (Å²) in [5, 5.41) is 11.3. The van der Waals surface area contributed by atoms with Crippen LogP contribution in [-0.2, 0) is 0 Å². The predicted molar refractivity (Wildman–Crippen MR) is 95.7 cm³/mol. The lowest BCUT2D eigenvalue weighted by atomic mass is 10.1. The van der Waals surface area contributed by atoms with Gasteiger partial charge in [0, 0.05) is 18.8 Å². The minimum atomic E-state index is -0.0634. The predicted octanol–water partition coefficient (Wildman–Crippen LogP) is 3.33. The fourth-order valence-electron chi connectivity index (χ4n) is 2.89. The Bertz CT molecular complexity index is 649. The molecule has 1 N–H and O–H groups in total. The topological polar surface area (TPSA) is 72.3 Å². The number of benzene rings is 1. The lowest BCUT2D eigenvalue weighted by Gasteiger charge is -2.31. The Hall–Kier alpha value is -2.57. The number of ether oxygens (including phenoxy) is 1. The highest BCUT2D eigenvalue weighted by Crippen LogP contribution is 2.22. The summed E-state index contributed by atoms with van der Waals surface area (Å²) in [6.07, 6.45) is 7.27. The molecule has 2 heterocycles. The monoisotopic (exact) mass is 343 g/mol. The van der Waals surface area contributed by atoms with Crippen LogP contribution in [0.1, 0.15) is 38.6 Å². The van der Waals surface area contributed by atoms with Crippen molar-refractivity contribution in [1.82, 2.24) is 19.9 Å². The third-order valence-corrected chi connectivity index (χ3v) is 4.39. The van der Waals surface area contributed by atoms with Crippen LogP contribution in [0.25, 0.3) is 0 Å². The molecule has 25 heavy (non-hydrogen) atoms. The molecule has 1 aliphatic heterocycles. The number of hydrogen-bond donors (Lipinski definition) is 1. The first kappa shape index (κ1) is 17.3. The van der Waals surface area contributed by atoms with Gasteiger partial charge >= 0.3 is 6.03 Å². The summed E-state index contributed by atoms with van der Waals surface area (Å²) in [7, 11) is 0. The number of unbranched alkanes of at least 4 members (excludes halogenated alkanes) is 1. The Balaban J connectivity index is 1.46. The Morgan fingerprint density at radius 1 is 1.20 bits per heavy atom. The van der Waals surface area contributed by atoms with E-state index in [1.165, 1.54) is 0 Å². The number of carbonyl (C=O) groups excluding carboxylic acids is 1. The smallest absolute Gasteiger partial charge is 0.321 e. The van der Waals surface area contributed by atoms with Gasteiger partial charge < -0.3 is 15.0 Å². The standard InChI is InChI=1S/C18H25N5O2/c1-2-3-14-25-17-6-4-15(5-7-17)21-18(24)22-12-8-16(9-13-22)23-19-10-11-20-23/h4-7,10-11,16H,2-3,8-9,12-14H2,1H3,(H,21,24). The third kappa shape index (κ3) is 4.71. The molecule has 3 rings (SSSR count). The van der Waals surface area contributed by atoms with E-state index >= 15 is 0 Å². The second-order valence-electron chi connectivity index (χ2n) is 6.22. The van der Waals surface area contributed by atoms with Gasteiger partial charge in [0.25, 0.3) is 0 Å². The molecule has 7 heteroatoms. The number of aromatic nitrogens is 3. The van der Waals surface area contributed by atoms with Crippen molar-refractivity contribution in [3.05, 3.63) is 36.7 Å². The van der Waals surface area contributed by atoms with Gasteiger partial charge in [-0.1, -0.05) is 13.3 Å². The van der Waals surface area contributed by atoms with Crippen LogP contribution in [0.15, 0.2) is 36.7 Å². The van der Waals surface area contributed by atoms with E-state index in [1.54, 1.807) is 17.2 Å². The van der Waals surface area contributed by atoms with Crippen LogP contribution in [-0.4, -0.2) is 45.6 Å². The summed E-state index contributed by atoms with van der Waals surface area (Å²) >= 11 is 0. The number of rotatable bonds is 6. The van der Waals surface area contributed by atoms with Crippen molar-refractivity contribution in [1.29, 1.82) is 0 Å². The van der Waals surface area contributed by atoms with Crippen molar-refractivity contribution < 1.29 is 9.53 Å². The van der Waals surface area contributed by atoms with E-state index in [4.69, 9.17) is 4.74 Å². The highest BCUT2D eigenvalue weighted by atomic mass is 16.5. The molecule has 2 amide bonds. The first-order valence-electron chi connectivity index (χ1n) is 8.91. The molecule has 0 spiro atoms. The Morgan fingerprint density at radius 2 is 1.88 bits per heavy atom. The molecule has 7 nitrogen and oxygen atoms in total. The maximum Gasteiger partial charge on any atom is 0.321 e. The number of nitrogens with zero attached hydrogens (tertiary/aromatic N) is 4. The van der Waals surface area contributed by atoms with Gasteiger partial charge in [0.2, 0.25) is 0 Å². The second-order valence-corrected chi connectivity index (χ2v) is 6.22. The lowest BCUT2D eigenvalue weighted by Crippen LogP contribution is -2.41. The zero-order valence-corrected chi connectivity index (χ0v) is 14.6. The normalized spacial score (nSPS) is 15.2. The van der Waals surface area contributed by atoms with Crippen molar-refractivity contribution in [3.8, 4) is 5.75 Å². The minimum Gasteiger partial charge on any atom is -0.494 e. The summed E-state index contributed by atoms with van der Waals surface area (Å²) in [4.78, 5) is 16.0. The zero-order valence-electron chi connectivity index (χ0n) is 14.6. The van der Waals surface area contributed by atoms with E-state index in [1.807, 2.05) is 29.2 Å². The van der Waals surface area contributed by atoms with Gasteiger partial charge in [-0.25, -0.2) is 4.79 Å². The van der Waals surface area contributed by atoms with Gasteiger partial charge in [-0.05, 0) is 43.5 Å². The molecule has 1 fully saturated rings. The highest BCUT2D eigenvalue weighted by molar-refractivity contribution is 5.89. The largest absolute Gasteiger partial charge is 0.494 e. The van der Waals surface area contributed by atoms with Crippen LogP contribution < -0.4 is 10.1 Å². The summed E-state index contributed by atoms with van der Waals surface area (Å²) in [6, 6.07) is 7.74. The molecular weight excluding hydrogens is 318 g/mol. The van der Waals surface area contributed by atoms with Gasteiger partial charge in [-0.15, -0.1) is 0 Å². The van der Waals surface area contributed by atoms with E-state index in [9.17, 15) is 4.79 Å². The van der Waals surface area contributed by atoms with Crippen LogP contribution in [0.5, 0.6) is 5.75 Å². The third-order valence-electron chi connectivity index (χ3n) is 4.39. The summed E-state index contributed by atoms with van der Waals surface area (Å²) in [6.45, 7) is 4.27. The zero-order chi connectivity index (χ0) is 17.5. The van der Waals surface area contributed by atoms with E-state index < -0.39 is 0 Å². The van der Waals surface area contributed by atoms with Crippen molar-refractivity contribution in [2.45, 2.75) is 38.6 Å². The maximum atomic E-state index is 12.4. The van der Waals surface area contributed by atoms with Crippen molar-refractivity contribution in [3.63, 3.8) is 0 Å². The number of likely N-dealkylation sites (tertiary alicyclic amines) is 1. The van der Waals surface area contributed by atoms with Crippen LogP contribution in [0.2, 0.25) is 0 Å². The quantitative estimate of drug-likeness (QED) is 0.817. The van der Waals surface area contributed by atoms with Gasteiger partial charge in [0.1, 0.15) is 5.75 Å². The van der Waals surface area contributed by atoms with Gasteiger partial charge in [0.05, 0.1) is 25.0 Å². The number of nitrogens with one attached hydrogen (secondary N) is 1. The number of anilines is 1. The fourth-order valence-corrected chi connectivity index (χ4v) is 2.89. The molecule has 0 aliphatic carbocycles. The van der Waals surface area contributed by atoms with Gasteiger partial charge in [0.15, 0.2) is 0 Å². The number of carbonyl (C=O) groups is 1. The Kier molecular flexibility index (Phi) is 5.87. The molecule has 0 saturated carbocycles. The Labute approximate surface area is 148 Å². The number of amides is 2. The molecule has 1 saturated heterocycles. The van der Waals surface area contributed by atoms with Crippen LogP contribution in [0.3, 0.4) is 0 Å². The lowest BCUT2D eigenvalue weighted by molar-refractivity contribution is 0.175. The molecular formula is C18H25N5O2. The molecule has 1 aromatic heterocycles. The van der Waals surface area contributed by atoms with E-state index in [0.717, 1.165) is 43.7 Å². The SMILES string of the molecule is CCCCOc1ccc(NC(=O)N2CCC(n3nccn3)CC2)cc1. The van der Waals surface area contributed by atoms with Gasteiger partial charge in [-0.3, -0.25) is 0 Å². The second kappa shape index (κ2) is 8.50. The first-order valence-corrected chi connectivity index (χ1v) is 8.91. The average molecular weight is 343 g/mol. The Morgan fingerprint density at radius 3 is 2.52 bits per heavy atom.